The van der Waals surface area contributed by atoms with Crippen LogP contribution in [0, 0.1) is 0 Å². The Hall–Kier alpha value is -1.58. The predicted molar refractivity (Wildman–Crippen MR) is 51.7 cm³/mol. The predicted octanol–water partition coefficient (Wildman–Crippen LogP) is 1.06. The SMILES string of the molecule is Nc1cccc(C(=O)N2CC(F)C2)c1. The van der Waals surface area contributed by atoms with Crippen LogP contribution in [-0.4, -0.2) is 30.1 Å². The molecular weight excluding hydrogens is 183 g/mol. The van der Waals surface area contributed by atoms with Crippen molar-refractivity contribution in [1.29, 1.82) is 0 Å². The standard InChI is InChI=1S/C10H11FN2O/c11-8-5-13(6-8)10(14)7-2-1-3-9(12)4-7/h1-4,8H,5-6,12H2. The van der Waals surface area contributed by atoms with Gasteiger partial charge in [0.1, 0.15) is 6.17 Å². The van der Waals surface area contributed by atoms with E-state index in [2.05, 4.69) is 0 Å². The Balaban J connectivity index is 2.12. The number of anilines is 1. The van der Waals surface area contributed by atoms with Crippen LogP contribution in [0.1, 0.15) is 10.4 Å². The Bertz CT molecular complexity index is 361. The summed E-state index contributed by atoms with van der Waals surface area (Å²) in [6, 6.07) is 6.72. The molecule has 0 aliphatic carbocycles. The van der Waals surface area contributed by atoms with E-state index in [1.165, 1.54) is 4.90 Å². The molecule has 1 aromatic rings. The highest BCUT2D eigenvalue weighted by atomic mass is 19.1. The molecule has 74 valence electrons. The quantitative estimate of drug-likeness (QED) is 0.679. The van der Waals surface area contributed by atoms with Gasteiger partial charge in [-0.3, -0.25) is 4.79 Å². The van der Waals surface area contributed by atoms with Gasteiger partial charge >= 0.3 is 0 Å². The number of nitrogens with two attached hydrogens (primary N) is 1. The van der Waals surface area contributed by atoms with E-state index in [1.54, 1.807) is 24.3 Å². The molecule has 1 aliphatic rings. The number of hydrogen-bond donors (Lipinski definition) is 1. The summed E-state index contributed by atoms with van der Waals surface area (Å²) in [6.07, 6.45) is -0.861. The average Bonchev–Trinajstić information content (AvgIpc) is 2.12. The van der Waals surface area contributed by atoms with Gasteiger partial charge in [0.25, 0.3) is 5.91 Å². The minimum atomic E-state index is -0.861. The number of carbonyl (C=O) groups is 1. The highest BCUT2D eigenvalue weighted by Gasteiger charge is 2.30. The minimum Gasteiger partial charge on any atom is -0.399 e. The molecule has 1 aliphatic heterocycles. The first-order valence-corrected chi connectivity index (χ1v) is 4.45. The number of halogens is 1. The fraction of sp³-hybridized carbons (Fsp3) is 0.300. The van der Waals surface area contributed by atoms with Crippen molar-refractivity contribution >= 4 is 11.6 Å². The molecule has 2 rings (SSSR count). The van der Waals surface area contributed by atoms with Crippen molar-refractivity contribution in [3.8, 4) is 0 Å². The Kier molecular flexibility index (Phi) is 2.11. The number of nitrogen functional groups attached to an aromatic ring is 1. The first-order valence-electron chi connectivity index (χ1n) is 4.45. The Morgan fingerprint density at radius 3 is 2.79 bits per heavy atom. The topological polar surface area (TPSA) is 46.3 Å². The molecule has 1 heterocycles. The van der Waals surface area contributed by atoms with Crippen LogP contribution in [0.5, 0.6) is 0 Å². The van der Waals surface area contributed by atoms with Crippen molar-refractivity contribution in [2.45, 2.75) is 6.17 Å². The summed E-state index contributed by atoms with van der Waals surface area (Å²) < 4.78 is 12.5. The van der Waals surface area contributed by atoms with Crippen LogP contribution >= 0.6 is 0 Å². The molecule has 1 amide bonds. The number of benzene rings is 1. The number of alkyl halides is 1. The molecule has 0 spiro atoms. The second kappa shape index (κ2) is 3.29. The van der Waals surface area contributed by atoms with Gasteiger partial charge in [-0.1, -0.05) is 6.07 Å². The van der Waals surface area contributed by atoms with E-state index in [0.717, 1.165) is 0 Å². The van der Waals surface area contributed by atoms with Gasteiger partial charge in [0.2, 0.25) is 0 Å². The van der Waals surface area contributed by atoms with E-state index in [1.807, 2.05) is 0 Å². The van der Waals surface area contributed by atoms with Crippen LogP contribution in [-0.2, 0) is 0 Å². The molecule has 14 heavy (non-hydrogen) atoms. The van der Waals surface area contributed by atoms with Gasteiger partial charge in [-0.2, -0.15) is 0 Å². The molecule has 0 aromatic heterocycles. The lowest BCUT2D eigenvalue weighted by Gasteiger charge is -2.34. The van der Waals surface area contributed by atoms with E-state index in [4.69, 9.17) is 5.73 Å². The molecule has 0 atom stereocenters. The minimum absolute atomic E-state index is 0.147. The first kappa shape index (κ1) is 8.99. The molecule has 0 saturated carbocycles. The third kappa shape index (κ3) is 1.55. The molecule has 0 bridgehead atoms. The summed E-state index contributed by atoms with van der Waals surface area (Å²) in [5.74, 6) is -0.147. The third-order valence-corrected chi connectivity index (χ3v) is 2.26. The van der Waals surface area contributed by atoms with Gasteiger partial charge in [0.15, 0.2) is 0 Å². The Morgan fingerprint density at radius 1 is 1.50 bits per heavy atom. The lowest BCUT2D eigenvalue weighted by molar-refractivity contribution is 0.0400. The molecule has 1 saturated heterocycles. The summed E-state index contributed by atoms with van der Waals surface area (Å²) in [5, 5.41) is 0. The van der Waals surface area contributed by atoms with Crippen LogP contribution in [0.3, 0.4) is 0 Å². The molecule has 1 fully saturated rings. The normalized spacial score (nSPS) is 16.5. The summed E-state index contributed by atoms with van der Waals surface area (Å²) >= 11 is 0. The van der Waals surface area contributed by atoms with E-state index in [9.17, 15) is 9.18 Å². The number of nitrogens with zero attached hydrogens (tertiary/aromatic N) is 1. The zero-order valence-corrected chi connectivity index (χ0v) is 7.61. The summed E-state index contributed by atoms with van der Waals surface area (Å²) in [5.41, 5.74) is 6.61. The highest BCUT2D eigenvalue weighted by Crippen LogP contribution is 2.16. The van der Waals surface area contributed by atoms with E-state index >= 15 is 0 Å². The van der Waals surface area contributed by atoms with Crippen molar-refractivity contribution in [2.24, 2.45) is 0 Å². The summed E-state index contributed by atoms with van der Waals surface area (Å²) in [7, 11) is 0. The Morgan fingerprint density at radius 2 is 2.21 bits per heavy atom. The second-order valence-electron chi connectivity index (χ2n) is 3.43. The second-order valence-corrected chi connectivity index (χ2v) is 3.43. The van der Waals surface area contributed by atoms with Gasteiger partial charge in [-0.25, -0.2) is 4.39 Å². The molecular formula is C10H11FN2O. The van der Waals surface area contributed by atoms with Crippen LogP contribution < -0.4 is 5.73 Å². The van der Waals surface area contributed by atoms with Gasteiger partial charge in [-0.05, 0) is 18.2 Å². The lowest BCUT2D eigenvalue weighted by Crippen LogP contribution is -2.51. The monoisotopic (exact) mass is 194 g/mol. The highest BCUT2D eigenvalue weighted by molar-refractivity contribution is 5.95. The smallest absolute Gasteiger partial charge is 0.254 e. The van der Waals surface area contributed by atoms with Crippen molar-refractivity contribution in [1.82, 2.24) is 4.90 Å². The zero-order chi connectivity index (χ0) is 10.1. The molecule has 1 aromatic carbocycles. The van der Waals surface area contributed by atoms with Crippen molar-refractivity contribution in [3.05, 3.63) is 29.8 Å². The van der Waals surface area contributed by atoms with E-state index in [0.29, 0.717) is 11.3 Å². The zero-order valence-electron chi connectivity index (χ0n) is 7.61. The number of rotatable bonds is 1. The first-order chi connectivity index (χ1) is 6.66. The van der Waals surface area contributed by atoms with Crippen LogP contribution in [0.25, 0.3) is 0 Å². The van der Waals surface area contributed by atoms with Crippen LogP contribution in [0.2, 0.25) is 0 Å². The fourth-order valence-electron chi connectivity index (χ4n) is 1.44. The van der Waals surface area contributed by atoms with Crippen molar-refractivity contribution < 1.29 is 9.18 Å². The van der Waals surface area contributed by atoms with Crippen molar-refractivity contribution in [3.63, 3.8) is 0 Å². The molecule has 3 nitrogen and oxygen atoms in total. The summed E-state index contributed by atoms with van der Waals surface area (Å²) in [6.45, 7) is 0.404. The lowest BCUT2D eigenvalue weighted by atomic mass is 10.1. The third-order valence-electron chi connectivity index (χ3n) is 2.26. The molecule has 0 radical (unpaired) electrons. The van der Waals surface area contributed by atoms with Crippen LogP contribution in [0.4, 0.5) is 10.1 Å². The van der Waals surface area contributed by atoms with Crippen molar-refractivity contribution in [2.75, 3.05) is 18.8 Å². The van der Waals surface area contributed by atoms with Gasteiger partial charge < -0.3 is 10.6 Å². The molecule has 2 N–H and O–H groups in total. The van der Waals surface area contributed by atoms with Gasteiger partial charge in [0.05, 0.1) is 13.1 Å². The maximum absolute atomic E-state index is 12.5. The number of likely N-dealkylation sites (tertiary alicyclic amines) is 1. The maximum atomic E-state index is 12.5. The number of hydrogen-bond acceptors (Lipinski definition) is 2. The maximum Gasteiger partial charge on any atom is 0.254 e. The van der Waals surface area contributed by atoms with E-state index < -0.39 is 6.17 Å². The Labute approximate surface area is 81.3 Å². The fourth-order valence-corrected chi connectivity index (χ4v) is 1.44. The number of amides is 1. The van der Waals surface area contributed by atoms with E-state index in [-0.39, 0.29) is 19.0 Å². The average molecular weight is 194 g/mol. The summed E-state index contributed by atoms with van der Waals surface area (Å²) in [4.78, 5) is 13.1. The van der Waals surface area contributed by atoms with Gasteiger partial charge in [0, 0.05) is 11.3 Å². The van der Waals surface area contributed by atoms with Crippen LogP contribution in [0.15, 0.2) is 24.3 Å². The van der Waals surface area contributed by atoms with Gasteiger partial charge in [-0.15, -0.1) is 0 Å². The number of carbonyl (C=O) groups excluding carboxylic acids is 1. The molecule has 0 unspecified atom stereocenters. The molecule has 4 heteroatoms. The largest absolute Gasteiger partial charge is 0.399 e.